The highest BCUT2D eigenvalue weighted by Gasteiger charge is 1.98. The average molecular weight is 214 g/mol. The predicted octanol–water partition coefficient (Wildman–Crippen LogP) is 2.47. The summed E-state index contributed by atoms with van der Waals surface area (Å²) in [4.78, 5) is 4.17. The third-order valence-corrected chi connectivity index (χ3v) is 2.08. The van der Waals surface area contributed by atoms with Gasteiger partial charge in [-0.2, -0.15) is 0 Å². The quantitative estimate of drug-likeness (QED) is 0.783. The van der Waals surface area contributed by atoms with Crippen molar-refractivity contribution in [1.82, 2.24) is 4.98 Å². The molecular weight excluding hydrogens is 202 g/mol. The van der Waals surface area contributed by atoms with Crippen LogP contribution < -0.4 is 9.47 Å². The van der Waals surface area contributed by atoms with Gasteiger partial charge in [-0.25, -0.2) is 0 Å². The van der Waals surface area contributed by atoms with Gasteiger partial charge in [-0.05, 0) is 30.3 Å². The molecule has 1 heterocycles. The molecule has 0 aliphatic heterocycles. The zero-order chi connectivity index (χ0) is 11.2. The van der Waals surface area contributed by atoms with Gasteiger partial charge in [-0.15, -0.1) is 0 Å². The number of rotatable bonds is 4. The van der Waals surface area contributed by atoms with Gasteiger partial charge in [-0.1, -0.05) is 6.07 Å². The van der Waals surface area contributed by atoms with Crippen molar-refractivity contribution in [3.05, 3.63) is 54.4 Å². The summed E-state index contributed by atoms with van der Waals surface area (Å²) in [5, 5.41) is 0. The lowest BCUT2D eigenvalue weighted by atomic mass is 10.3. The molecule has 1 aromatic heterocycles. The molecule has 0 saturated heterocycles. The Balaban J connectivity index is 1.99. The third kappa shape index (κ3) is 2.73. The van der Waals surface area contributed by atoms with E-state index in [0.717, 1.165) is 17.2 Å². The zero-order valence-electron chi connectivity index (χ0n) is 9.01. The summed E-state index contributed by atoms with van der Waals surface area (Å²) in [6.45, 7) is 0.446. The zero-order valence-corrected chi connectivity index (χ0v) is 9.01. The van der Waals surface area contributed by atoms with Gasteiger partial charge >= 0.3 is 0 Å². The summed E-state index contributed by atoms with van der Waals surface area (Å²) in [6.07, 6.45) is 1.75. The van der Waals surface area contributed by atoms with Crippen LogP contribution in [0.25, 0.3) is 0 Å². The number of benzene rings is 1. The molecule has 16 heavy (non-hydrogen) atoms. The van der Waals surface area contributed by atoms with Crippen LogP contribution in [-0.2, 0) is 6.61 Å². The van der Waals surface area contributed by atoms with Crippen molar-refractivity contribution in [2.75, 3.05) is 7.11 Å². The minimum absolute atomic E-state index is 0.446. The van der Waals surface area contributed by atoms with E-state index in [1.807, 2.05) is 24.3 Å². The van der Waals surface area contributed by atoms with Crippen LogP contribution in [0, 0.1) is 6.07 Å². The Hall–Kier alpha value is -2.03. The summed E-state index contributed by atoms with van der Waals surface area (Å²) in [6, 6.07) is 14.0. The van der Waals surface area contributed by atoms with Gasteiger partial charge in [0.15, 0.2) is 0 Å². The maximum absolute atomic E-state index is 5.56. The Morgan fingerprint density at radius 2 is 2.12 bits per heavy atom. The minimum Gasteiger partial charge on any atom is -0.497 e. The van der Waals surface area contributed by atoms with Crippen molar-refractivity contribution in [3.63, 3.8) is 0 Å². The Morgan fingerprint density at radius 1 is 1.25 bits per heavy atom. The molecule has 3 nitrogen and oxygen atoms in total. The van der Waals surface area contributed by atoms with Crippen molar-refractivity contribution in [2.45, 2.75) is 6.61 Å². The Bertz CT molecular complexity index is 443. The summed E-state index contributed by atoms with van der Waals surface area (Å²) in [5.74, 6) is 1.46. The van der Waals surface area contributed by atoms with Crippen LogP contribution >= 0.6 is 0 Å². The molecular formula is C13H12NO2. The van der Waals surface area contributed by atoms with Crippen LogP contribution in [0.1, 0.15) is 5.69 Å². The lowest BCUT2D eigenvalue weighted by Gasteiger charge is -2.06. The number of aromatic nitrogens is 1. The highest BCUT2D eigenvalue weighted by Crippen LogP contribution is 2.19. The second kappa shape index (κ2) is 5.16. The van der Waals surface area contributed by atoms with Gasteiger partial charge in [-0.3, -0.25) is 4.98 Å². The fourth-order valence-electron chi connectivity index (χ4n) is 1.27. The monoisotopic (exact) mass is 214 g/mol. The molecule has 2 rings (SSSR count). The Kier molecular flexibility index (Phi) is 3.38. The van der Waals surface area contributed by atoms with Gasteiger partial charge in [0.25, 0.3) is 0 Å². The fourth-order valence-corrected chi connectivity index (χ4v) is 1.27. The lowest BCUT2D eigenvalue weighted by molar-refractivity contribution is 0.299. The van der Waals surface area contributed by atoms with E-state index in [4.69, 9.17) is 9.47 Å². The molecule has 2 aromatic rings. The van der Waals surface area contributed by atoms with Gasteiger partial charge in [0.1, 0.15) is 18.1 Å². The van der Waals surface area contributed by atoms with Crippen molar-refractivity contribution in [1.29, 1.82) is 0 Å². The standard InChI is InChI=1S/C13H12NO2/c1-15-12-6-4-7-13(9-12)16-10-11-5-2-3-8-14-11/h2-3,5-9H,10H2,1H3. The SMILES string of the molecule is COc1c[c]cc(OCc2ccccn2)c1. The van der Waals surface area contributed by atoms with Crippen molar-refractivity contribution in [3.8, 4) is 11.5 Å². The average Bonchev–Trinajstić information content (AvgIpc) is 2.38. The second-order valence-electron chi connectivity index (χ2n) is 3.22. The van der Waals surface area contributed by atoms with E-state index in [-0.39, 0.29) is 0 Å². The molecule has 3 heteroatoms. The number of pyridine rings is 1. The lowest BCUT2D eigenvalue weighted by Crippen LogP contribution is -1.97. The minimum atomic E-state index is 0.446. The number of hydrogen-bond acceptors (Lipinski definition) is 3. The van der Waals surface area contributed by atoms with E-state index in [1.165, 1.54) is 0 Å². The van der Waals surface area contributed by atoms with E-state index in [9.17, 15) is 0 Å². The van der Waals surface area contributed by atoms with Crippen molar-refractivity contribution in [2.24, 2.45) is 0 Å². The molecule has 1 aromatic carbocycles. The first-order valence-electron chi connectivity index (χ1n) is 4.96. The molecule has 0 saturated carbocycles. The smallest absolute Gasteiger partial charge is 0.130 e. The van der Waals surface area contributed by atoms with E-state index < -0.39 is 0 Å². The van der Waals surface area contributed by atoms with Crippen LogP contribution in [0.3, 0.4) is 0 Å². The van der Waals surface area contributed by atoms with Gasteiger partial charge in [0.05, 0.1) is 12.8 Å². The van der Waals surface area contributed by atoms with E-state index in [1.54, 1.807) is 25.4 Å². The Labute approximate surface area is 94.7 Å². The van der Waals surface area contributed by atoms with Gasteiger partial charge in [0, 0.05) is 12.3 Å². The summed E-state index contributed by atoms with van der Waals surface area (Å²) in [5.41, 5.74) is 0.894. The third-order valence-electron chi connectivity index (χ3n) is 2.08. The van der Waals surface area contributed by atoms with Crippen molar-refractivity contribution >= 4 is 0 Å². The number of ether oxygens (including phenoxy) is 2. The molecule has 0 N–H and O–H groups in total. The highest BCUT2D eigenvalue weighted by molar-refractivity contribution is 5.32. The largest absolute Gasteiger partial charge is 0.497 e. The molecule has 81 valence electrons. The topological polar surface area (TPSA) is 31.4 Å². The summed E-state index contributed by atoms with van der Waals surface area (Å²) < 4.78 is 10.6. The summed E-state index contributed by atoms with van der Waals surface area (Å²) >= 11 is 0. The number of methoxy groups -OCH3 is 1. The van der Waals surface area contributed by atoms with Crippen LogP contribution in [0.15, 0.2) is 42.6 Å². The highest BCUT2D eigenvalue weighted by atomic mass is 16.5. The molecule has 0 unspecified atom stereocenters. The first-order chi connectivity index (χ1) is 7.88. The maximum atomic E-state index is 5.56. The molecule has 0 fully saturated rings. The van der Waals surface area contributed by atoms with Gasteiger partial charge < -0.3 is 9.47 Å². The van der Waals surface area contributed by atoms with Crippen LogP contribution in [0.2, 0.25) is 0 Å². The normalized spacial score (nSPS) is 9.81. The van der Waals surface area contributed by atoms with Crippen molar-refractivity contribution < 1.29 is 9.47 Å². The maximum Gasteiger partial charge on any atom is 0.130 e. The van der Waals surface area contributed by atoms with E-state index in [0.29, 0.717) is 6.61 Å². The Morgan fingerprint density at radius 3 is 2.88 bits per heavy atom. The molecule has 0 spiro atoms. The van der Waals surface area contributed by atoms with Gasteiger partial charge in [0.2, 0.25) is 0 Å². The summed E-state index contributed by atoms with van der Waals surface area (Å²) in [7, 11) is 1.62. The molecule has 1 radical (unpaired) electrons. The molecule has 0 atom stereocenters. The molecule has 0 aliphatic carbocycles. The van der Waals surface area contributed by atoms with E-state index >= 15 is 0 Å². The van der Waals surface area contributed by atoms with Crippen LogP contribution in [-0.4, -0.2) is 12.1 Å². The molecule has 0 aliphatic rings. The first-order valence-corrected chi connectivity index (χ1v) is 4.96. The first kappa shape index (κ1) is 10.5. The van der Waals surface area contributed by atoms with Crippen LogP contribution in [0.4, 0.5) is 0 Å². The van der Waals surface area contributed by atoms with Crippen LogP contribution in [0.5, 0.6) is 11.5 Å². The molecule has 0 amide bonds. The number of hydrogen-bond donors (Lipinski definition) is 0. The van der Waals surface area contributed by atoms with E-state index in [2.05, 4.69) is 11.1 Å². The fraction of sp³-hybridized carbons (Fsp3) is 0.154. The number of nitrogens with zero attached hydrogens (tertiary/aromatic N) is 1. The molecule has 0 bridgehead atoms. The second-order valence-corrected chi connectivity index (χ2v) is 3.22. The predicted molar refractivity (Wildman–Crippen MR) is 60.4 cm³/mol.